The highest BCUT2D eigenvalue weighted by atomic mass is 32.1. The summed E-state index contributed by atoms with van der Waals surface area (Å²) in [4.78, 5) is 23.2. The molecule has 2 N–H and O–H groups in total. The zero-order valence-electron chi connectivity index (χ0n) is 11.3. The van der Waals surface area contributed by atoms with Crippen LogP contribution in [0.1, 0.15) is 25.7 Å². The van der Waals surface area contributed by atoms with Crippen LogP contribution < -0.4 is 10.6 Å². The predicted octanol–water partition coefficient (Wildman–Crippen LogP) is 1.21. The summed E-state index contributed by atoms with van der Waals surface area (Å²) in [6.45, 7) is 0. The van der Waals surface area contributed by atoms with Gasteiger partial charge in [-0.05, 0) is 49.9 Å². The highest BCUT2D eigenvalue weighted by molar-refractivity contribution is 7.80. The maximum Gasteiger partial charge on any atom is 0.263 e. The smallest absolute Gasteiger partial charge is 0.263 e. The van der Waals surface area contributed by atoms with Crippen molar-refractivity contribution < 1.29 is 14.3 Å². The first-order valence-corrected chi connectivity index (χ1v) is 7.09. The van der Waals surface area contributed by atoms with E-state index < -0.39 is 11.8 Å². The lowest BCUT2D eigenvalue weighted by atomic mass is 9.87. The van der Waals surface area contributed by atoms with Gasteiger partial charge in [-0.25, -0.2) is 0 Å². The minimum atomic E-state index is -0.452. The van der Waals surface area contributed by atoms with Crippen molar-refractivity contribution in [1.29, 1.82) is 0 Å². The lowest BCUT2D eigenvalue weighted by Crippen LogP contribution is -2.51. The molecule has 0 spiro atoms. The Morgan fingerprint density at radius 2 is 1.75 bits per heavy atom. The van der Waals surface area contributed by atoms with Crippen LogP contribution in [0.3, 0.4) is 0 Å². The molecule has 0 bridgehead atoms. The van der Waals surface area contributed by atoms with Gasteiger partial charge in [0.2, 0.25) is 0 Å². The Balaban J connectivity index is 1.92. The lowest BCUT2D eigenvalue weighted by molar-refractivity contribution is -0.123. The van der Waals surface area contributed by atoms with Gasteiger partial charge in [-0.15, -0.1) is 0 Å². The molecule has 1 saturated carbocycles. The average molecular weight is 294 g/mol. The summed E-state index contributed by atoms with van der Waals surface area (Å²) in [5, 5.41) is 4.86. The van der Waals surface area contributed by atoms with Crippen LogP contribution in [0, 0.1) is 5.92 Å². The summed E-state index contributed by atoms with van der Waals surface area (Å²) in [6, 6.07) is 0. The van der Waals surface area contributed by atoms with E-state index in [1.165, 1.54) is 6.08 Å². The molecular formula is C14H18N2O3S. The third-order valence-electron chi connectivity index (χ3n) is 3.64. The fourth-order valence-corrected chi connectivity index (χ4v) is 2.64. The molecule has 108 valence electrons. The third-order valence-corrected chi connectivity index (χ3v) is 3.85. The van der Waals surface area contributed by atoms with E-state index in [9.17, 15) is 9.59 Å². The molecule has 2 aliphatic rings. The fourth-order valence-electron chi connectivity index (χ4n) is 2.45. The van der Waals surface area contributed by atoms with Gasteiger partial charge in [0.15, 0.2) is 5.11 Å². The van der Waals surface area contributed by atoms with Crippen LogP contribution in [0.4, 0.5) is 0 Å². The molecule has 1 aliphatic heterocycles. The zero-order valence-corrected chi connectivity index (χ0v) is 12.2. The summed E-state index contributed by atoms with van der Waals surface area (Å²) in [5.41, 5.74) is 0.0837. The number of nitrogens with one attached hydrogen (secondary N) is 2. The van der Waals surface area contributed by atoms with E-state index in [2.05, 4.69) is 10.6 Å². The van der Waals surface area contributed by atoms with Gasteiger partial charge in [-0.1, -0.05) is 12.2 Å². The molecule has 2 fully saturated rings. The summed E-state index contributed by atoms with van der Waals surface area (Å²) in [6.07, 6.45) is 9.98. The van der Waals surface area contributed by atoms with Crippen molar-refractivity contribution >= 4 is 29.1 Å². The Labute approximate surface area is 123 Å². The van der Waals surface area contributed by atoms with Crippen LogP contribution >= 0.6 is 12.2 Å². The largest absolute Gasteiger partial charge is 0.381 e. The monoisotopic (exact) mass is 294 g/mol. The second-order valence-electron chi connectivity index (χ2n) is 4.98. The summed E-state index contributed by atoms with van der Waals surface area (Å²) < 4.78 is 5.32. The molecular weight excluding hydrogens is 276 g/mol. The van der Waals surface area contributed by atoms with Gasteiger partial charge in [-0.2, -0.15) is 0 Å². The molecule has 0 aromatic carbocycles. The Hall–Kier alpha value is -1.53. The summed E-state index contributed by atoms with van der Waals surface area (Å²) >= 11 is 4.73. The molecule has 1 aliphatic carbocycles. The lowest BCUT2D eigenvalue weighted by Gasteiger charge is -2.25. The SMILES string of the molecule is COC1CCC(/C=C/C=C2C(=O)NC(=S)NC2=O)CC1. The maximum absolute atomic E-state index is 11.6. The molecule has 6 heteroatoms. The summed E-state index contributed by atoms with van der Waals surface area (Å²) in [5.74, 6) is -0.424. The van der Waals surface area contributed by atoms with Gasteiger partial charge >= 0.3 is 0 Å². The normalized spacial score (nSPS) is 27.4. The van der Waals surface area contributed by atoms with Crippen LogP contribution in [0.5, 0.6) is 0 Å². The molecule has 1 saturated heterocycles. The van der Waals surface area contributed by atoms with Crippen molar-refractivity contribution in [3.63, 3.8) is 0 Å². The van der Waals surface area contributed by atoms with E-state index in [4.69, 9.17) is 17.0 Å². The maximum atomic E-state index is 11.6. The first-order valence-electron chi connectivity index (χ1n) is 6.68. The molecule has 2 rings (SSSR count). The molecule has 0 aromatic heterocycles. The number of carbonyl (C=O) groups is 2. The molecule has 5 nitrogen and oxygen atoms in total. The molecule has 20 heavy (non-hydrogen) atoms. The molecule has 2 amide bonds. The highest BCUT2D eigenvalue weighted by Gasteiger charge is 2.25. The van der Waals surface area contributed by atoms with Crippen LogP contribution in [-0.2, 0) is 14.3 Å². The van der Waals surface area contributed by atoms with E-state index in [0.29, 0.717) is 12.0 Å². The number of amides is 2. The number of carbonyl (C=O) groups excluding carboxylic acids is 2. The molecule has 0 atom stereocenters. The van der Waals surface area contributed by atoms with Crippen molar-refractivity contribution in [1.82, 2.24) is 10.6 Å². The van der Waals surface area contributed by atoms with E-state index in [1.54, 1.807) is 13.2 Å². The van der Waals surface area contributed by atoms with Crippen LogP contribution in [0.15, 0.2) is 23.8 Å². The zero-order chi connectivity index (χ0) is 14.5. The number of hydrogen-bond donors (Lipinski definition) is 2. The Bertz CT molecular complexity index is 455. The highest BCUT2D eigenvalue weighted by Crippen LogP contribution is 2.26. The van der Waals surface area contributed by atoms with Crippen molar-refractivity contribution in [2.45, 2.75) is 31.8 Å². The van der Waals surface area contributed by atoms with E-state index in [-0.39, 0.29) is 10.7 Å². The van der Waals surface area contributed by atoms with E-state index in [1.807, 2.05) is 6.08 Å². The second-order valence-corrected chi connectivity index (χ2v) is 5.38. The number of methoxy groups -OCH3 is 1. The molecule has 0 unspecified atom stereocenters. The summed E-state index contributed by atoms with van der Waals surface area (Å²) in [7, 11) is 1.75. The molecule has 1 heterocycles. The minimum absolute atomic E-state index is 0.0546. The van der Waals surface area contributed by atoms with Crippen LogP contribution in [0.2, 0.25) is 0 Å². The number of allylic oxidation sites excluding steroid dienone is 3. The number of ether oxygens (including phenoxy) is 1. The standard InChI is InChI=1S/C14H18N2O3S/c1-19-10-7-5-9(6-8-10)3-2-4-11-12(17)15-14(20)16-13(11)18/h2-4,9-10H,5-8H2,1H3,(H2,15,16,17,18,20)/b3-2+. The number of rotatable bonds is 3. The quantitative estimate of drug-likeness (QED) is 0.466. The van der Waals surface area contributed by atoms with Gasteiger partial charge in [0.25, 0.3) is 11.8 Å². The van der Waals surface area contributed by atoms with E-state index in [0.717, 1.165) is 25.7 Å². The second kappa shape index (κ2) is 6.76. The van der Waals surface area contributed by atoms with Crippen LogP contribution in [0.25, 0.3) is 0 Å². The topological polar surface area (TPSA) is 67.4 Å². The number of hydrogen-bond acceptors (Lipinski definition) is 4. The van der Waals surface area contributed by atoms with Crippen LogP contribution in [-0.4, -0.2) is 30.1 Å². The Morgan fingerprint density at radius 1 is 1.15 bits per heavy atom. The predicted molar refractivity (Wildman–Crippen MR) is 78.9 cm³/mol. The Morgan fingerprint density at radius 3 is 2.30 bits per heavy atom. The van der Waals surface area contributed by atoms with Crippen molar-refractivity contribution in [2.75, 3.05) is 7.11 Å². The number of thiocarbonyl (C=S) groups is 1. The first kappa shape index (κ1) is 14.9. The van der Waals surface area contributed by atoms with Gasteiger partial charge in [0, 0.05) is 7.11 Å². The van der Waals surface area contributed by atoms with Gasteiger partial charge < -0.3 is 4.74 Å². The minimum Gasteiger partial charge on any atom is -0.381 e. The fraction of sp³-hybridized carbons (Fsp3) is 0.500. The van der Waals surface area contributed by atoms with Crippen molar-refractivity contribution in [3.8, 4) is 0 Å². The van der Waals surface area contributed by atoms with Gasteiger partial charge in [-0.3, -0.25) is 20.2 Å². The third kappa shape index (κ3) is 3.74. The first-order chi connectivity index (χ1) is 9.60. The molecule has 0 aromatic rings. The Kier molecular flexibility index (Phi) is 5.03. The van der Waals surface area contributed by atoms with Crippen molar-refractivity contribution in [3.05, 3.63) is 23.8 Å². The van der Waals surface area contributed by atoms with Gasteiger partial charge in [0.1, 0.15) is 5.57 Å². The van der Waals surface area contributed by atoms with Gasteiger partial charge in [0.05, 0.1) is 6.10 Å². The van der Waals surface area contributed by atoms with E-state index >= 15 is 0 Å². The van der Waals surface area contributed by atoms with Crippen molar-refractivity contribution in [2.24, 2.45) is 5.92 Å². The molecule has 0 radical (unpaired) electrons. The average Bonchev–Trinajstić information content (AvgIpc) is 2.42.